The molecule has 2 rings (SSSR count). The molecule has 0 aliphatic rings. The van der Waals surface area contributed by atoms with Crippen LogP contribution in [-0.4, -0.2) is 4.98 Å². The van der Waals surface area contributed by atoms with Gasteiger partial charge in [0.25, 0.3) is 0 Å². The first kappa shape index (κ1) is 11.5. The summed E-state index contributed by atoms with van der Waals surface area (Å²) in [6.07, 6.45) is 0. The number of fused-ring (bicyclic) bond motifs is 1. The zero-order valence-electron chi connectivity index (χ0n) is 6.06. The van der Waals surface area contributed by atoms with Crippen molar-refractivity contribution in [3.8, 4) is 0 Å². The topological polar surface area (TPSA) is 38.9 Å². The van der Waals surface area contributed by atoms with Crippen molar-refractivity contribution in [2.24, 2.45) is 0 Å². The van der Waals surface area contributed by atoms with Crippen LogP contribution in [0, 0.1) is 0 Å². The molecule has 0 aliphatic heterocycles. The first-order chi connectivity index (χ1) is 4.86. The van der Waals surface area contributed by atoms with Gasteiger partial charge in [0.05, 0.1) is 15.7 Å². The van der Waals surface area contributed by atoms with Gasteiger partial charge in [0.2, 0.25) is 0 Å². The number of hydrogen-bond donors (Lipinski definition) is 1. The maximum atomic E-state index is 5.55. The second kappa shape index (κ2) is 4.50. The maximum Gasteiger partial charge on any atom is 0.0832 e. The Hall–Kier alpha value is -0.510. The fourth-order valence-electron chi connectivity index (χ4n) is 0.875. The number of anilines is 1. The molecule has 66 valence electrons. The lowest BCUT2D eigenvalue weighted by molar-refractivity contribution is 1.50. The van der Waals surface area contributed by atoms with Gasteiger partial charge in [0.1, 0.15) is 0 Å². The molecule has 1 heterocycles. The third-order valence-corrected chi connectivity index (χ3v) is 2.16. The quantitative estimate of drug-likeness (QED) is 0.697. The van der Waals surface area contributed by atoms with Crippen LogP contribution in [0.25, 0.3) is 10.2 Å². The Kier molecular flexibility index (Phi) is 4.31. The lowest BCUT2D eigenvalue weighted by Gasteiger charge is -1.89. The van der Waals surface area contributed by atoms with Crippen LogP contribution in [0.1, 0.15) is 0 Å². The molecule has 0 atom stereocenters. The molecule has 2 aromatic rings. The van der Waals surface area contributed by atoms with E-state index >= 15 is 0 Å². The fraction of sp³-hybridized carbons (Fsp3) is 0. The molecule has 0 radical (unpaired) electrons. The minimum atomic E-state index is 0. The number of nitrogens with zero attached hydrogens (tertiary/aromatic N) is 1. The third kappa shape index (κ3) is 2.00. The fourth-order valence-corrected chi connectivity index (χ4v) is 1.53. The predicted molar refractivity (Wildman–Crippen MR) is 58.5 cm³/mol. The molecule has 1 aromatic carbocycles. The van der Waals surface area contributed by atoms with E-state index in [1.165, 1.54) is 4.70 Å². The summed E-state index contributed by atoms with van der Waals surface area (Å²) >= 11 is 1.63. The van der Waals surface area contributed by atoms with Crippen LogP contribution in [0.5, 0.6) is 0 Å². The SMILES string of the molecule is Cl.Cl.Nc1ccc2scnc2c1. The molecule has 0 aliphatic carbocycles. The van der Waals surface area contributed by atoms with Gasteiger partial charge >= 0.3 is 0 Å². The minimum absolute atomic E-state index is 0. The van der Waals surface area contributed by atoms with Crippen molar-refractivity contribution in [1.29, 1.82) is 0 Å². The van der Waals surface area contributed by atoms with E-state index in [-0.39, 0.29) is 24.8 Å². The van der Waals surface area contributed by atoms with Crippen molar-refractivity contribution < 1.29 is 0 Å². The Balaban J connectivity index is 0.000000605. The molecule has 0 spiro atoms. The number of nitrogens with two attached hydrogens (primary N) is 1. The summed E-state index contributed by atoms with van der Waals surface area (Å²) in [4.78, 5) is 4.12. The van der Waals surface area contributed by atoms with Crippen LogP contribution >= 0.6 is 36.2 Å². The van der Waals surface area contributed by atoms with E-state index in [2.05, 4.69) is 4.98 Å². The van der Waals surface area contributed by atoms with Crippen LogP contribution in [0.3, 0.4) is 0 Å². The first-order valence-electron chi connectivity index (χ1n) is 2.95. The van der Waals surface area contributed by atoms with Crippen LogP contribution in [0.4, 0.5) is 5.69 Å². The van der Waals surface area contributed by atoms with Gasteiger partial charge in [-0.1, -0.05) is 0 Å². The number of halogens is 2. The molecule has 0 bridgehead atoms. The standard InChI is InChI=1S/C7H6N2S.2ClH/c8-5-1-2-7-6(3-5)9-4-10-7;;/h1-4H,8H2;2*1H. The summed E-state index contributed by atoms with van der Waals surface area (Å²) in [6.45, 7) is 0. The highest BCUT2D eigenvalue weighted by atomic mass is 35.5. The largest absolute Gasteiger partial charge is 0.399 e. The van der Waals surface area contributed by atoms with Gasteiger partial charge in [-0.05, 0) is 18.2 Å². The van der Waals surface area contributed by atoms with E-state index in [0.717, 1.165) is 11.2 Å². The molecule has 5 heteroatoms. The van der Waals surface area contributed by atoms with Gasteiger partial charge in [-0.2, -0.15) is 0 Å². The average molecular weight is 223 g/mol. The number of rotatable bonds is 0. The Bertz CT molecular complexity index is 361. The molecule has 2 N–H and O–H groups in total. The minimum Gasteiger partial charge on any atom is -0.399 e. The predicted octanol–water partition coefficient (Wildman–Crippen LogP) is 2.72. The van der Waals surface area contributed by atoms with Gasteiger partial charge in [0.15, 0.2) is 0 Å². The van der Waals surface area contributed by atoms with Gasteiger partial charge < -0.3 is 5.73 Å². The Morgan fingerprint density at radius 3 is 2.75 bits per heavy atom. The average Bonchev–Trinajstić information content (AvgIpc) is 2.33. The van der Waals surface area contributed by atoms with Crippen molar-refractivity contribution in [1.82, 2.24) is 4.98 Å². The molecule has 0 saturated heterocycles. The first-order valence-corrected chi connectivity index (χ1v) is 3.83. The molecule has 0 unspecified atom stereocenters. The van der Waals surface area contributed by atoms with E-state index in [1.54, 1.807) is 11.3 Å². The Labute approximate surface area is 86.6 Å². The second-order valence-electron chi connectivity index (χ2n) is 2.08. The van der Waals surface area contributed by atoms with E-state index in [9.17, 15) is 0 Å². The number of hydrogen-bond acceptors (Lipinski definition) is 3. The van der Waals surface area contributed by atoms with Gasteiger partial charge in [-0.25, -0.2) is 4.98 Å². The molecule has 0 fully saturated rings. The highest BCUT2D eigenvalue weighted by Crippen LogP contribution is 2.19. The smallest absolute Gasteiger partial charge is 0.0832 e. The number of benzene rings is 1. The second-order valence-corrected chi connectivity index (χ2v) is 2.97. The van der Waals surface area contributed by atoms with Crippen molar-refractivity contribution in [2.75, 3.05) is 5.73 Å². The zero-order valence-corrected chi connectivity index (χ0v) is 8.51. The van der Waals surface area contributed by atoms with E-state index < -0.39 is 0 Å². The summed E-state index contributed by atoms with van der Waals surface area (Å²) in [5.41, 5.74) is 9.14. The number of aromatic nitrogens is 1. The van der Waals surface area contributed by atoms with Crippen molar-refractivity contribution >= 4 is 52.1 Å². The molecule has 1 aromatic heterocycles. The van der Waals surface area contributed by atoms with E-state index in [1.807, 2.05) is 23.7 Å². The van der Waals surface area contributed by atoms with E-state index in [4.69, 9.17) is 5.73 Å². The monoisotopic (exact) mass is 222 g/mol. The molecular formula is C7H8Cl2N2S. The lowest BCUT2D eigenvalue weighted by atomic mass is 10.3. The molecule has 0 amide bonds. The summed E-state index contributed by atoms with van der Waals surface area (Å²) in [6, 6.07) is 5.76. The van der Waals surface area contributed by atoms with Crippen LogP contribution in [-0.2, 0) is 0 Å². The molecule has 0 saturated carbocycles. The van der Waals surface area contributed by atoms with Crippen LogP contribution in [0.15, 0.2) is 23.7 Å². The van der Waals surface area contributed by atoms with E-state index in [0.29, 0.717) is 0 Å². The summed E-state index contributed by atoms with van der Waals surface area (Å²) in [7, 11) is 0. The van der Waals surface area contributed by atoms with Gasteiger partial charge in [-0.3, -0.25) is 0 Å². The zero-order chi connectivity index (χ0) is 6.97. The highest BCUT2D eigenvalue weighted by molar-refractivity contribution is 7.16. The molecule has 2 nitrogen and oxygen atoms in total. The van der Waals surface area contributed by atoms with Gasteiger partial charge in [-0.15, -0.1) is 36.2 Å². The number of nitrogen functional groups attached to an aromatic ring is 1. The molecular weight excluding hydrogens is 215 g/mol. The summed E-state index contributed by atoms with van der Waals surface area (Å²) in [5.74, 6) is 0. The van der Waals surface area contributed by atoms with Crippen LogP contribution < -0.4 is 5.73 Å². The Morgan fingerprint density at radius 2 is 2.00 bits per heavy atom. The Morgan fingerprint density at radius 1 is 1.25 bits per heavy atom. The number of thiazole rings is 1. The maximum absolute atomic E-state index is 5.55. The van der Waals surface area contributed by atoms with Gasteiger partial charge in [0, 0.05) is 5.69 Å². The lowest BCUT2D eigenvalue weighted by Crippen LogP contribution is -1.81. The summed E-state index contributed by atoms with van der Waals surface area (Å²) < 4.78 is 1.19. The normalized spacial score (nSPS) is 8.67. The van der Waals surface area contributed by atoms with Crippen molar-refractivity contribution in [2.45, 2.75) is 0 Å². The third-order valence-electron chi connectivity index (χ3n) is 1.35. The summed E-state index contributed by atoms with van der Waals surface area (Å²) in [5, 5.41) is 0. The van der Waals surface area contributed by atoms with Crippen molar-refractivity contribution in [3.05, 3.63) is 23.7 Å². The molecule has 12 heavy (non-hydrogen) atoms. The van der Waals surface area contributed by atoms with Crippen molar-refractivity contribution in [3.63, 3.8) is 0 Å². The highest BCUT2D eigenvalue weighted by Gasteiger charge is 1.93. The van der Waals surface area contributed by atoms with Crippen LogP contribution in [0.2, 0.25) is 0 Å².